The summed E-state index contributed by atoms with van der Waals surface area (Å²) in [6.07, 6.45) is 3.32. The van der Waals surface area contributed by atoms with Gasteiger partial charge in [0.05, 0.1) is 7.11 Å². The van der Waals surface area contributed by atoms with Crippen LogP contribution in [-0.2, 0) is 0 Å². The standard InChI is InChI=1S/C12H17NOS/c1-14-11-7-9(3-4-12(11)15-2)10-5-6-13-8-10/h3-4,7,10,13H,5-6,8H2,1-2H3. The second-order valence-corrected chi connectivity index (χ2v) is 4.65. The molecule has 1 N–H and O–H groups in total. The molecule has 1 aliphatic rings. The highest BCUT2D eigenvalue weighted by molar-refractivity contribution is 7.98. The van der Waals surface area contributed by atoms with Crippen molar-refractivity contribution < 1.29 is 4.74 Å². The van der Waals surface area contributed by atoms with Crippen LogP contribution in [0.4, 0.5) is 0 Å². The molecule has 2 rings (SSSR count). The van der Waals surface area contributed by atoms with Crippen molar-refractivity contribution in [3.8, 4) is 5.75 Å². The summed E-state index contributed by atoms with van der Waals surface area (Å²) < 4.78 is 5.40. The molecule has 0 saturated carbocycles. The molecule has 1 aromatic rings. The Hall–Kier alpha value is -0.670. The molecule has 0 bridgehead atoms. The van der Waals surface area contributed by atoms with Gasteiger partial charge in [0.2, 0.25) is 0 Å². The minimum Gasteiger partial charge on any atom is -0.496 e. The maximum absolute atomic E-state index is 5.40. The molecule has 1 aliphatic heterocycles. The first-order valence-electron chi connectivity index (χ1n) is 5.28. The number of benzene rings is 1. The second kappa shape index (κ2) is 4.90. The molecule has 0 aromatic heterocycles. The normalized spacial score (nSPS) is 20.5. The van der Waals surface area contributed by atoms with Crippen molar-refractivity contribution in [1.82, 2.24) is 5.32 Å². The van der Waals surface area contributed by atoms with Gasteiger partial charge in [0.25, 0.3) is 0 Å². The van der Waals surface area contributed by atoms with Crippen molar-refractivity contribution >= 4 is 11.8 Å². The van der Waals surface area contributed by atoms with E-state index in [2.05, 4.69) is 29.8 Å². The smallest absolute Gasteiger partial charge is 0.132 e. The van der Waals surface area contributed by atoms with Crippen molar-refractivity contribution in [3.05, 3.63) is 23.8 Å². The van der Waals surface area contributed by atoms with Crippen LogP contribution in [0.1, 0.15) is 17.9 Å². The Labute approximate surface area is 95.4 Å². The summed E-state index contributed by atoms with van der Waals surface area (Å²) in [5.41, 5.74) is 1.40. The third-order valence-corrected chi connectivity index (χ3v) is 3.72. The minimum absolute atomic E-state index is 0.662. The quantitative estimate of drug-likeness (QED) is 0.796. The molecule has 1 saturated heterocycles. The van der Waals surface area contributed by atoms with Gasteiger partial charge in [0.1, 0.15) is 5.75 Å². The highest BCUT2D eigenvalue weighted by Crippen LogP contribution is 2.32. The number of nitrogens with one attached hydrogen (secondary N) is 1. The summed E-state index contributed by atoms with van der Waals surface area (Å²) in [6.45, 7) is 2.24. The fourth-order valence-corrected chi connectivity index (χ4v) is 2.59. The molecular weight excluding hydrogens is 206 g/mol. The van der Waals surface area contributed by atoms with Gasteiger partial charge >= 0.3 is 0 Å². The van der Waals surface area contributed by atoms with Crippen molar-refractivity contribution in [2.24, 2.45) is 0 Å². The largest absolute Gasteiger partial charge is 0.496 e. The highest BCUT2D eigenvalue weighted by atomic mass is 32.2. The fraction of sp³-hybridized carbons (Fsp3) is 0.500. The zero-order chi connectivity index (χ0) is 10.7. The molecule has 1 aromatic carbocycles. The molecule has 15 heavy (non-hydrogen) atoms. The van der Waals surface area contributed by atoms with Crippen LogP contribution in [0.25, 0.3) is 0 Å². The molecule has 82 valence electrons. The topological polar surface area (TPSA) is 21.3 Å². The predicted molar refractivity (Wildman–Crippen MR) is 65.0 cm³/mol. The van der Waals surface area contributed by atoms with E-state index in [0.29, 0.717) is 5.92 Å². The molecule has 0 radical (unpaired) electrons. The lowest BCUT2D eigenvalue weighted by atomic mass is 9.98. The molecule has 1 atom stereocenters. The van der Waals surface area contributed by atoms with Gasteiger partial charge in [-0.1, -0.05) is 6.07 Å². The average molecular weight is 223 g/mol. The summed E-state index contributed by atoms with van der Waals surface area (Å²) >= 11 is 1.73. The van der Waals surface area contributed by atoms with Gasteiger partial charge < -0.3 is 10.1 Å². The first-order valence-corrected chi connectivity index (χ1v) is 6.50. The molecule has 3 heteroatoms. The Morgan fingerprint density at radius 1 is 1.47 bits per heavy atom. The maximum Gasteiger partial charge on any atom is 0.132 e. The van der Waals surface area contributed by atoms with E-state index in [4.69, 9.17) is 4.74 Å². The number of methoxy groups -OCH3 is 1. The maximum atomic E-state index is 5.40. The van der Waals surface area contributed by atoms with Crippen molar-refractivity contribution in [1.29, 1.82) is 0 Å². The molecule has 1 unspecified atom stereocenters. The summed E-state index contributed by atoms with van der Waals surface area (Å²) in [5.74, 6) is 1.67. The van der Waals surface area contributed by atoms with E-state index in [1.807, 2.05) is 0 Å². The van der Waals surface area contributed by atoms with Crippen LogP contribution in [-0.4, -0.2) is 26.5 Å². The van der Waals surface area contributed by atoms with Crippen LogP contribution >= 0.6 is 11.8 Å². The number of ether oxygens (including phenoxy) is 1. The molecular formula is C12H17NOS. The van der Waals surface area contributed by atoms with Gasteiger partial charge in [-0.2, -0.15) is 0 Å². The van der Waals surface area contributed by atoms with Crippen molar-refractivity contribution in [3.63, 3.8) is 0 Å². The molecule has 0 aliphatic carbocycles. The third kappa shape index (κ3) is 2.29. The van der Waals surface area contributed by atoms with E-state index >= 15 is 0 Å². The minimum atomic E-state index is 0.662. The lowest BCUT2D eigenvalue weighted by Gasteiger charge is -2.12. The van der Waals surface area contributed by atoms with E-state index in [1.165, 1.54) is 16.9 Å². The predicted octanol–water partition coefficient (Wildman–Crippen LogP) is 2.49. The lowest BCUT2D eigenvalue weighted by Crippen LogP contribution is -2.08. The second-order valence-electron chi connectivity index (χ2n) is 3.80. The molecule has 1 fully saturated rings. The summed E-state index contributed by atoms with van der Waals surface area (Å²) in [6, 6.07) is 6.58. The Morgan fingerprint density at radius 2 is 2.33 bits per heavy atom. The van der Waals surface area contributed by atoms with E-state index < -0.39 is 0 Å². The van der Waals surface area contributed by atoms with Gasteiger partial charge in [-0.15, -0.1) is 11.8 Å². The lowest BCUT2D eigenvalue weighted by molar-refractivity contribution is 0.404. The van der Waals surface area contributed by atoms with Crippen molar-refractivity contribution in [2.45, 2.75) is 17.2 Å². The van der Waals surface area contributed by atoms with E-state index in [1.54, 1.807) is 18.9 Å². The summed E-state index contributed by atoms with van der Waals surface area (Å²) in [5, 5.41) is 3.39. The van der Waals surface area contributed by atoms with Gasteiger partial charge in [0, 0.05) is 11.4 Å². The molecule has 1 heterocycles. The van der Waals surface area contributed by atoms with Crippen LogP contribution in [0.2, 0.25) is 0 Å². The van der Waals surface area contributed by atoms with Crippen LogP contribution in [0.5, 0.6) is 5.75 Å². The van der Waals surface area contributed by atoms with E-state index in [9.17, 15) is 0 Å². The Bertz CT molecular complexity index is 334. The number of hydrogen-bond donors (Lipinski definition) is 1. The number of rotatable bonds is 3. The zero-order valence-electron chi connectivity index (χ0n) is 9.25. The first kappa shape index (κ1) is 10.8. The van der Waals surface area contributed by atoms with Gasteiger partial charge in [-0.3, -0.25) is 0 Å². The fourth-order valence-electron chi connectivity index (χ4n) is 2.05. The molecule has 2 nitrogen and oxygen atoms in total. The number of hydrogen-bond acceptors (Lipinski definition) is 3. The zero-order valence-corrected chi connectivity index (χ0v) is 10.1. The molecule has 0 amide bonds. The Morgan fingerprint density at radius 3 is 2.93 bits per heavy atom. The Kier molecular flexibility index (Phi) is 3.54. The van der Waals surface area contributed by atoms with Gasteiger partial charge in [-0.05, 0) is 42.8 Å². The van der Waals surface area contributed by atoms with Crippen LogP contribution in [0.15, 0.2) is 23.1 Å². The van der Waals surface area contributed by atoms with E-state index in [0.717, 1.165) is 18.8 Å². The summed E-state index contributed by atoms with van der Waals surface area (Å²) in [7, 11) is 1.74. The number of thioether (sulfide) groups is 1. The average Bonchev–Trinajstić information content (AvgIpc) is 2.81. The van der Waals surface area contributed by atoms with Crippen molar-refractivity contribution in [2.75, 3.05) is 26.5 Å². The van der Waals surface area contributed by atoms with Crippen LogP contribution in [0.3, 0.4) is 0 Å². The SMILES string of the molecule is COc1cc(C2CCNC2)ccc1SC. The monoisotopic (exact) mass is 223 g/mol. The highest BCUT2D eigenvalue weighted by Gasteiger charge is 2.17. The van der Waals surface area contributed by atoms with E-state index in [-0.39, 0.29) is 0 Å². The Balaban J connectivity index is 2.25. The first-order chi connectivity index (χ1) is 7.35. The van der Waals surface area contributed by atoms with Gasteiger partial charge in [-0.25, -0.2) is 0 Å². The van der Waals surface area contributed by atoms with Crippen LogP contribution in [0, 0.1) is 0 Å². The third-order valence-electron chi connectivity index (χ3n) is 2.94. The molecule has 0 spiro atoms. The summed E-state index contributed by atoms with van der Waals surface area (Å²) in [4.78, 5) is 1.22. The van der Waals surface area contributed by atoms with Gasteiger partial charge in [0.15, 0.2) is 0 Å². The van der Waals surface area contributed by atoms with Crippen LogP contribution < -0.4 is 10.1 Å².